The molecule has 1 heterocycles. The maximum atomic E-state index is 12.7. The Morgan fingerprint density at radius 1 is 1.06 bits per heavy atom. The van der Waals surface area contributed by atoms with Crippen LogP contribution in [0.4, 0.5) is 0 Å². The zero-order chi connectivity index (χ0) is 23.3. The number of aliphatic carboxylic acids is 1. The number of nitrogens with zero attached hydrogens (tertiary/aromatic N) is 1. The van der Waals surface area contributed by atoms with E-state index in [9.17, 15) is 14.7 Å². The zero-order valence-electron chi connectivity index (χ0n) is 18.4. The lowest BCUT2D eigenvalue weighted by Crippen LogP contribution is -2.37. The van der Waals surface area contributed by atoms with Gasteiger partial charge in [-0.2, -0.15) is 0 Å². The van der Waals surface area contributed by atoms with E-state index in [0.29, 0.717) is 28.6 Å². The van der Waals surface area contributed by atoms with Crippen molar-refractivity contribution < 1.29 is 23.8 Å². The Bertz CT molecular complexity index is 1080. The molecule has 32 heavy (non-hydrogen) atoms. The fraction of sp³-hybridized carbons (Fsp3) is 0.320. The van der Waals surface area contributed by atoms with Crippen molar-refractivity contribution in [3.05, 3.63) is 70.6 Å². The van der Waals surface area contributed by atoms with Gasteiger partial charge in [0.05, 0.1) is 5.69 Å². The van der Waals surface area contributed by atoms with E-state index in [1.54, 1.807) is 36.4 Å². The third-order valence-corrected chi connectivity index (χ3v) is 5.25. The monoisotopic (exact) mass is 455 g/mol. The normalized spacial score (nSPS) is 11.4. The molecule has 0 amide bonds. The highest BCUT2D eigenvalue weighted by atomic mass is 35.5. The number of aromatic nitrogens is 1. The van der Waals surface area contributed by atoms with E-state index >= 15 is 0 Å². The predicted octanol–water partition coefficient (Wildman–Crippen LogP) is 6.01. The van der Waals surface area contributed by atoms with Crippen molar-refractivity contribution in [2.45, 2.75) is 52.1 Å². The highest BCUT2D eigenvalue weighted by Crippen LogP contribution is 2.26. The van der Waals surface area contributed by atoms with Crippen LogP contribution in [0.25, 0.3) is 11.5 Å². The van der Waals surface area contributed by atoms with Gasteiger partial charge in [-0.15, -0.1) is 0 Å². The fourth-order valence-corrected chi connectivity index (χ4v) is 3.27. The number of hydrogen-bond acceptors (Lipinski definition) is 5. The molecule has 0 spiro atoms. The van der Waals surface area contributed by atoms with E-state index < -0.39 is 11.6 Å². The predicted molar refractivity (Wildman–Crippen MR) is 122 cm³/mol. The average Bonchev–Trinajstić information content (AvgIpc) is 3.15. The largest absolute Gasteiger partial charge is 0.478 e. The molecular weight excluding hydrogens is 430 g/mol. The summed E-state index contributed by atoms with van der Waals surface area (Å²) in [6.45, 7) is 5.01. The number of carbonyl (C=O) groups excluding carboxylic acids is 1. The number of Topliss-reactive ketones (excluding diaryl/α,β-unsaturated/α-hetero) is 1. The van der Waals surface area contributed by atoms with Crippen LogP contribution in [0.2, 0.25) is 5.02 Å². The molecule has 0 saturated carbocycles. The third kappa shape index (κ3) is 5.77. The van der Waals surface area contributed by atoms with Crippen LogP contribution in [0.15, 0.2) is 52.9 Å². The average molecular weight is 456 g/mol. The molecular formula is C25H26ClNO5. The van der Waals surface area contributed by atoms with Crippen LogP contribution in [0.3, 0.4) is 0 Å². The Morgan fingerprint density at radius 3 is 2.31 bits per heavy atom. The molecule has 3 aromatic rings. The number of carbonyl (C=O) groups is 2. The number of hydrogen-bond donors (Lipinski definition) is 1. The maximum absolute atomic E-state index is 12.7. The minimum atomic E-state index is -1.35. The van der Waals surface area contributed by atoms with Crippen molar-refractivity contribution in [2.24, 2.45) is 0 Å². The number of carboxylic acids is 1. The lowest BCUT2D eigenvalue weighted by atomic mass is 10.0. The molecule has 0 saturated heterocycles. The quantitative estimate of drug-likeness (QED) is 0.377. The van der Waals surface area contributed by atoms with E-state index in [1.165, 1.54) is 13.8 Å². The van der Waals surface area contributed by atoms with Gasteiger partial charge in [-0.05, 0) is 68.8 Å². The Labute approximate surface area is 192 Å². The topological polar surface area (TPSA) is 89.6 Å². The van der Waals surface area contributed by atoms with E-state index in [4.69, 9.17) is 20.8 Å². The molecule has 7 heteroatoms. The number of aryl methyl sites for hydroxylation is 2. The summed E-state index contributed by atoms with van der Waals surface area (Å²) in [5, 5.41) is 9.81. The first-order valence-corrected chi connectivity index (χ1v) is 10.9. The summed E-state index contributed by atoms with van der Waals surface area (Å²) in [6.07, 6.45) is 2.40. The van der Waals surface area contributed by atoms with Crippen LogP contribution in [-0.2, 0) is 17.6 Å². The molecule has 0 aliphatic rings. The Kier molecular flexibility index (Phi) is 7.36. The highest BCUT2D eigenvalue weighted by molar-refractivity contribution is 6.30. The molecule has 0 aliphatic heterocycles. The van der Waals surface area contributed by atoms with Crippen molar-refractivity contribution >= 4 is 23.4 Å². The molecule has 0 bridgehead atoms. The van der Waals surface area contributed by atoms with E-state index in [1.807, 2.05) is 12.1 Å². The van der Waals surface area contributed by atoms with Gasteiger partial charge in [0, 0.05) is 35.4 Å². The minimum Gasteiger partial charge on any atom is -0.478 e. The standard InChI is InChI=1S/C25H26ClNO5/c1-4-5-22-20(27-23(31-22)17-6-10-18(26)11-7-17)14-15-21(28)16-8-12-19(13-9-16)32-25(2,3)24(29)30/h6-13H,4-5,14-15H2,1-3H3,(H,29,30). The first-order valence-electron chi connectivity index (χ1n) is 10.5. The molecule has 168 valence electrons. The molecule has 0 unspecified atom stereocenters. The Hall–Kier alpha value is -3.12. The highest BCUT2D eigenvalue weighted by Gasteiger charge is 2.29. The van der Waals surface area contributed by atoms with Gasteiger partial charge in [0.25, 0.3) is 0 Å². The zero-order valence-corrected chi connectivity index (χ0v) is 19.1. The summed E-state index contributed by atoms with van der Waals surface area (Å²) in [6, 6.07) is 13.8. The van der Waals surface area contributed by atoms with Crippen molar-refractivity contribution in [1.29, 1.82) is 0 Å². The van der Waals surface area contributed by atoms with Crippen molar-refractivity contribution in [1.82, 2.24) is 4.98 Å². The maximum Gasteiger partial charge on any atom is 0.347 e. The number of ether oxygens (including phenoxy) is 1. The Morgan fingerprint density at radius 2 is 1.72 bits per heavy atom. The van der Waals surface area contributed by atoms with Crippen LogP contribution in [0.5, 0.6) is 5.75 Å². The molecule has 0 radical (unpaired) electrons. The molecule has 1 aromatic heterocycles. The minimum absolute atomic E-state index is 0.0347. The van der Waals surface area contributed by atoms with Crippen molar-refractivity contribution in [3.8, 4) is 17.2 Å². The smallest absolute Gasteiger partial charge is 0.347 e. The molecule has 0 aliphatic carbocycles. The van der Waals surface area contributed by atoms with Crippen LogP contribution in [0.1, 0.15) is 55.4 Å². The molecule has 3 rings (SSSR count). The molecule has 1 N–H and O–H groups in total. The third-order valence-electron chi connectivity index (χ3n) is 5.00. The summed E-state index contributed by atoms with van der Waals surface area (Å²) in [5.74, 6) is 0.613. The summed E-state index contributed by atoms with van der Waals surface area (Å²) < 4.78 is 11.5. The van der Waals surface area contributed by atoms with E-state index in [2.05, 4.69) is 11.9 Å². The fourth-order valence-electron chi connectivity index (χ4n) is 3.14. The van der Waals surface area contributed by atoms with Gasteiger partial charge in [0.1, 0.15) is 11.5 Å². The number of benzene rings is 2. The van der Waals surface area contributed by atoms with Crippen LogP contribution >= 0.6 is 11.6 Å². The summed E-state index contributed by atoms with van der Waals surface area (Å²) >= 11 is 5.96. The molecule has 2 aromatic carbocycles. The van der Waals surface area contributed by atoms with E-state index in [-0.39, 0.29) is 12.2 Å². The van der Waals surface area contributed by atoms with Gasteiger partial charge in [0.2, 0.25) is 5.89 Å². The number of oxazole rings is 1. The second-order valence-corrected chi connectivity index (χ2v) is 8.45. The van der Waals surface area contributed by atoms with Crippen molar-refractivity contribution in [2.75, 3.05) is 0 Å². The first-order chi connectivity index (χ1) is 15.2. The number of halogens is 1. The number of ketones is 1. The summed E-state index contributed by atoms with van der Waals surface area (Å²) in [7, 11) is 0. The lowest BCUT2D eigenvalue weighted by Gasteiger charge is -2.21. The van der Waals surface area contributed by atoms with Gasteiger partial charge in [-0.3, -0.25) is 4.79 Å². The SMILES string of the molecule is CCCc1oc(-c2ccc(Cl)cc2)nc1CCC(=O)c1ccc(OC(C)(C)C(=O)O)cc1. The van der Waals surface area contributed by atoms with Gasteiger partial charge in [-0.25, -0.2) is 9.78 Å². The van der Waals surface area contributed by atoms with Crippen molar-refractivity contribution in [3.63, 3.8) is 0 Å². The Balaban J connectivity index is 1.68. The van der Waals surface area contributed by atoms with E-state index in [0.717, 1.165) is 29.9 Å². The van der Waals surface area contributed by atoms with Gasteiger partial charge in [0.15, 0.2) is 11.4 Å². The summed E-state index contributed by atoms with van der Waals surface area (Å²) in [5.41, 5.74) is 0.803. The molecule has 0 atom stereocenters. The lowest BCUT2D eigenvalue weighted by molar-refractivity contribution is -0.152. The summed E-state index contributed by atoms with van der Waals surface area (Å²) in [4.78, 5) is 28.5. The second-order valence-electron chi connectivity index (χ2n) is 8.01. The van der Waals surface area contributed by atoms with Gasteiger partial charge in [-0.1, -0.05) is 18.5 Å². The molecule has 0 fully saturated rings. The first kappa shape index (κ1) is 23.5. The number of carboxylic acid groups (broad SMARTS) is 1. The van der Waals surface area contributed by atoms with Crippen LogP contribution in [-0.4, -0.2) is 27.4 Å². The second kappa shape index (κ2) is 10.0. The van der Waals surface area contributed by atoms with Crippen LogP contribution < -0.4 is 4.74 Å². The molecule has 6 nitrogen and oxygen atoms in total. The van der Waals surface area contributed by atoms with Crippen LogP contribution in [0, 0.1) is 0 Å². The van der Waals surface area contributed by atoms with Gasteiger partial charge < -0.3 is 14.3 Å². The van der Waals surface area contributed by atoms with Gasteiger partial charge >= 0.3 is 5.97 Å². The number of rotatable bonds is 10.